The van der Waals surface area contributed by atoms with Crippen LogP contribution >= 0.6 is 0 Å². The number of H-pyrrole nitrogens is 1. The van der Waals surface area contributed by atoms with Gasteiger partial charge in [-0.05, 0) is 18.1 Å². The molecule has 0 saturated heterocycles. The van der Waals surface area contributed by atoms with Gasteiger partial charge in [-0.2, -0.15) is 0 Å². The molecule has 6 nitrogen and oxygen atoms in total. The predicted molar refractivity (Wildman–Crippen MR) is 85.2 cm³/mol. The first-order valence-electron chi connectivity index (χ1n) is 7.86. The van der Waals surface area contributed by atoms with Crippen molar-refractivity contribution in [2.45, 2.75) is 38.3 Å². The number of carbonyl (C=O) groups is 2. The van der Waals surface area contributed by atoms with E-state index in [9.17, 15) is 14.7 Å². The number of fused-ring (bicyclic) bond motifs is 3. The number of nitrogens with one attached hydrogen (secondary N) is 2. The van der Waals surface area contributed by atoms with Gasteiger partial charge in [-0.25, -0.2) is 4.79 Å². The van der Waals surface area contributed by atoms with Crippen LogP contribution in [0.4, 0.5) is 0 Å². The molecule has 1 aliphatic heterocycles. The van der Waals surface area contributed by atoms with Gasteiger partial charge in [-0.1, -0.05) is 31.5 Å². The van der Waals surface area contributed by atoms with Crippen molar-refractivity contribution in [2.24, 2.45) is 0 Å². The summed E-state index contributed by atoms with van der Waals surface area (Å²) in [6.45, 7) is 2.36. The highest BCUT2D eigenvalue weighted by Crippen LogP contribution is 2.32. The highest BCUT2D eigenvalue weighted by Gasteiger charge is 2.37. The largest absolute Gasteiger partial charge is 0.480 e. The summed E-state index contributed by atoms with van der Waals surface area (Å²) in [5, 5.41) is 13.2. The van der Waals surface area contributed by atoms with Crippen LogP contribution < -0.4 is 5.32 Å². The second-order valence-electron chi connectivity index (χ2n) is 5.78. The minimum Gasteiger partial charge on any atom is -0.480 e. The highest BCUT2D eigenvalue weighted by atomic mass is 16.5. The summed E-state index contributed by atoms with van der Waals surface area (Å²) in [5.41, 5.74) is 2.49. The lowest BCUT2D eigenvalue weighted by atomic mass is 9.94. The molecule has 2 heterocycles. The molecule has 2 aromatic rings. The summed E-state index contributed by atoms with van der Waals surface area (Å²) in [6, 6.07) is 6.09. The van der Waals surface area contributed by atoms with Gasteiger partial charge in [0.2, 0.25) is 0 Å². The molecule has 3 rings (SSSR count). The number of ether oxygens (including phenoxy) is 1. The van der Waals surface area contributed by atoms with Crippen molar-refractivity contribution >= 4 is 22.8 Å². The van der Waals surface area contributed by atoms with Gasteiger partial charge in [0.05, 0.1) is 6.61 Å². The Balaban J connectivity index is 1.96. The van der Waals surface area contributed by atoms with Gasteiger partial charge >= 0.3 is 11.9 Å². The molecular weight excluding hydrogens is 296 g/mol. The van der Waals surface area contributed by atoms with Crippen molar-refractivity contribution in [3.63, 3.8) is 0 Å². The predicted octanol–water partition coefficient (Wildman–Crippen LogP) is 2.15. The number of hydrogen-bond acceptors (Lipinski definition) is 4. The minimum atomic E-state index is -0.965. The quantitative estimate of drug-likeness (QED) is 0.581. The molecule has 23 heavy (non-hydrogen) atoms. The molecule has 0 radical (unpaired) electrons. The van der Waals surface area contributed by atoms with Crippen LogP contribution in [0.5, 0.6) is 0 Å². The normalized spacial score (nSPS) is 20.2. The Kier molecular flexibility index (Phi) is 4.34. The topological polar surface area (TPSA) is 91.4 Å². The van der Waals surface area contributed by atoms with Crippen LogP contribution in [0, 0.1) is 0 Å². The number of hydrogen-bond donors (Lipinski definition) is 3. The SMILES string of the molecule is CCCCOC(=O)C1NC(C(=O)O)Cc2c1[nH]c1ccccc21. The molecule has 0 saturated carbocycles. The Morgan fingerprint density at radius 3 is 2.87 bits per heavy atom. The van der Waals surface area contributed by atoms with Gasteiger partial charge in [-0.15, -0.1) is 0 Å². The molecular formula is C17H20N2O4. The number of para-hydroxylation sites is 1. The molecule has 0 amide bonds. The van der Waals surface area contributed by atoms with Crippen LogP contribution in [-0.2, 0) is 20.7 Å². The van der Waals surface area contributed by atoms with E-state index in [1.165, 1.54) is 0 Å². The fourth-order valence-electron chi connectivity index (χ4n) is 2.98. The van der Waals surface area contributed by atoms with E-state index in [1.54, 1.807) is 0 Å². The Morgan fingerprint density at radius 2 is 2.13 bits per heavy atom. The Hall–Kier alpha value is -2.34. The van der Waals surface area contributed by atoms with Crippen LogP contribution in [0.15, 0.2) is 24.3 Å². The number of rotatable bonds is 5. The first-order valence-corrected chi connectivity index (χ1v) is 7.86. The Morgan fingerprint density at radius 1 is 1.35 bits per heavy atom. The van der Waals surface area contributed by atoms with Gasteiger partial charge in [0.15, 0.2) is 0 Å². The number of aromatic amines is 1. The molecule has 0 spiro atoms. The number of carboxylic acid groups (broad SMARTS) is 1. The third-order valence-electron chi connectivity index (χ3n) is 4.19. The molecule has 6 heteroatoms. The van der Waals surface area contributed by atoms with E-state index in [-0.39, 0.29) is 0 Å². The zero-order valence-corrected chi connectivity index (χ0v) is 13.0. The summed E-state index contributed by atoms with van der Waals surface area (Å²) >= 11 is 0. The van der Waals surface area contributed by atoms with Crippen molar-refractivity contribution in [3.8, 4) is 0 Å². The lowest BCUT2D eigenvalue weighted by molar-refractivity contribution is -0.148. The van der Waals surface area contributed by atoms with Crippen LogP contribution in [0.3, 0.4) is 0 Å². The summed E-state index contributed by atoms with van der Waals surface area (Å²) in [7, 11) is 0. The first kappa shape index (κ1) is 15.6. The molecule has 1 aromatic heterocycles. The summed E-state index contributed by atoms with van der Waals surface area (Å²) < 4.78 is 5.29. The lowest BCUT2D eigenvalue weighted by Gasteiger charge is -2.27. The Labute approximate surface area is 133 Å². The van der Waals surface area contributed by atoms with Crippen LogP contribution in [0.1, 0.15) is 37.1 Å². The number of carbonyl (C=O) groups excluding carboxylic acids is 1. The van der Waals surface area contributed by atoms with Crippen LogP contribution in [0.25, 0.3) is 10.9 Å². The maximum Gasteiger partial charge on any atom is 0.329 e. The summed E-state index contributed by atoms with van der Waals surface area (Å²) in [5.74, 6) is -1.40. The maximum absolute atomic E-state index is 12.4. The zero-order valence-electron chi connectivity index (χ0n) is 13.0. The average molecular weight is 316 g/mol. The molecule has 1 aliphatic rings. The average Bonchev–Trinajstić information content (AvgIpc) is 2.92. The highest BCUT2D eigenvalue weighted by molar-refractivity contribution is 5.90. The van der Waals surface area contributed by atoms with Gasteiger partial charge in [0.1, 0.15) is 12.1 Å². The fraction of sp³-hybridized carbons (Fsp3) is 0.412. The number of carboxylic acids is 1. The smallest absolute Gasteiger partial charge is 0.329 e. The number of aliphatic carboxylic acids is 1. The van der Waals surface area contributed by atoms with E-state index in [0.29, 0.717) is 18.7 Å². The van der Waals surface area contributed by atoms with Gasteiger partial charge in [0, 0.05) is 23.0 Å². The van der Waals surface area contributed by atoms with Gasteiger partial charge in [0.25, 0.3) is 0 Å². The molecule has 122 valence electrons. The van der Waals surface area contributed by atoms with Crippen molar-refractivity contribution in [1.82, 2.24) is 10.3 Å². The van der Waals surface area contributed by atoms with Crippen LogP contribution in [0.2, 0.25) is 0 Å². The Bertz CT molecular complexity index is 737. The monoisotopic (exact) mass is 316 g/mol. The minimum absolute atomic E-state index is 0.341. The van der Waals surface area contributed by atoms with Crippen molar-refractivity contribution in [3.05, 3.63) is 35.5 Å². The van der Waals surface area contributed by atoms with E-state index >= 15 is 0 Å². The summed E-state index contributed by atoms with van der Waals surface area (Å²) in [6.07, 6.45) is 2.06. The molecule has 2 atom stereocenters. The molecule has 0 fully saturated rings. The molecule has 0 aliphatic carbocycles. The van der Waals surface area contributed by atoms with E-state index < -0.39 is 24.0 Å². The van der Waals surface area contributed by atoms with Crippen LogP contribution in [-0.4, -0.2) is 34.7 Å². The maximum atomic E-state index is 12.4. The molecule has 0 bridgehead atoms. The number of benzene rings is 1. The van der Waals surface area contributed by atoms with E-state index in [0.717, 1.165) is 29.3 Å². The number of aromatic nitrogens is 1. The van der Waals surface area contributed by atoms with Gasteiger partial charge in [-0.3, -0.25) is 10.1 Å². The fourth-order valence-corrected chi connectivity index (χ4v) is 2.98. The zero-order chi connectivity index (χ0) is 16.4. The number of esters is 1. The third-order valence-corrected chi connectivity index (χ3v) is 4.19. The molecule has 3 N–H and O–H groups in total. The number of unbranched alkanes of at least 4 members (excludes halogenated alkanes) is 1. The molecule has 2 unspecified atom stereocenters. The first-order chi connectivity index (χ1) is 11.1. The van der Waals surface area contributed by atoms with Crippen molar-refractivity contribution in [1.29, 1.82) is 0 Å². The van der Waals surface area contributed by atoms with Crippen molar-refractivity contribution < 1.29 is 19.4 Å². The third kappa shape index (κ3) is 2.94. The standard InChI is InChI=1S/C17H20N2O4/c1-2-3-8-23-17(22)15-14-11(9-13(19-15)16(20)21)10-6-4-5-7-12(10)18-14/h4-7,13,15,18-19H,2-3,8-9H2,1H3,(H,20,21). The molecule has 1 aromatic carbocycles. The summed E-state index contributed by atoms with van der Waals surface area (Å²) in [4.78, 5) is 27.0. The van der Waals surface area contributed by atoms with E-state index in [2.05, 4.69) is 10.3 Å². The second-order valence-corrected chi connectivity index (χ2v) is 5.78. The van der Waals surface area contributed by atoms with Gasteiger partial charge < -0.3 is 14.8 Å². The van der Waals surface area contributed by atoms with Crippen molar-refractivity contribution in [2.75, 3.05) is 6.61 Å². The van der Waals surface area contributed by atoms with E-state index in [4.69, 9.17) is 4.74 Å². The lowest BCUT2D eigenvalue weighted by Crippen LogP contribution is -2.47. The van der Waals surface area contributed by atoms with E-state index in [1.807, 2.05) is 31.2 Å². The second kappa shape index (κ2) is 6.42.